The van der Waals surface area contributed by atoms with Gasteiger partial charge in [-0.1, -0.05) is 0 Å². The maximum Gasteiger partial charge on any atom is 0.203 e. The zero-order valence-electron chi connectivity index (χ0n) is 8.38. The molecular weight excluding hydrogens is 162 g/mol. The maximum atomic E-state index is 4.46. The molecule has 0 aliphatic heterocycles. The molecule has 1 aliphatic rings. The van der Waals surface area contributed by atoms with Crippen molar-refractivity contribution >= 4 is 5.95 Å². The average Bonchev–Trinajstić information content (AvgIpc) is 2.38. The zero-order chi connectivity index (χ0) is 9.26. The van der Waals surface area contributed by atoms with Crippen LogP contribution < -0.4 is 5.32 Å². The lowest BCUT2D eigenvalue weighted by Crippen LogP contribution is -2.28. The molecule has 0 saturated heterocycles. The van der Waals surface area contributed by atoms with Gasteiger partial charge in [-0.3, -0.25) is 0 Å². The monoisotopic (exact) mass is 179 g/mol. The summed E-state index contributed by atoms with van der Waals surface area (Å²) in [5.74, 6) is 1.05. The van der Waals surface area contributed by atoms with E-state index in [-0.39, 0.29) is 0 Å². The quantitative estimate of drug-likeness (QED) is 0.770. The van der Waals surface area contributed by atoms with Crippen molar-refractivity contribution in [3.05, 3.63) is 11.9 Å². The van der Waals surface area contributed by atoms with Gasteiger partial charge in [-0.05, 0) is 33.1 Å². The van der Waals surface area contributed by atoms with Gasteiger partial charge in [-0.15, -0.1) is 0 Å². The average molecular weight is 179 g/mol. The van der Waals surface area contributed by atoms with Gasteiger partial charge in [0.1, 0.15) is 0 Å². The highest BCUT2D eigenvalue weighted by Gasteiger charge is 2.18. The molecule has 1 fully saturated rings. The maximum absolute atomic E-state index is 4.46. The Kier molecular flexibility index (Phi) is 2.25. The molecule has 0 amide bonds. The van der Waals surface area contributed by atoms with Crippen molar-refractivity contribution in [3.8, 4) is 0 Å². The second-order valence-corrected chi connectivity index (χ2v) is 3.76. The molecule has 13 heavy (non-hydrogen) atoms. The van der Waals surface area contributed by atoms with Gasteiger partial charge >= 0.3 is 0 Å². The van der Waals surface area contributed by atoms with Crippen molar-refractivity contribution in [2.75, 3.05) is 5.32 Å². The van der Waals surface area contributed by atoms with Crippen LogP contribution in [0.4, 0.5) is 5.95 Å². The first-order valence-electron chi connectivity index (χ1n) is 5.10. The predicted octanol–water partition coefficient (Wildman–Crippen LogP) is 2.18. The largest absolute Gasteiger partial charge is 0.353 e. The van der Waals surface area contributed by atoms with Gasteiger partial charge < -0.3 is 9.88 Å². The summed E-state index contributed by atoms with van der Waals surface area (Å²) in [7, 11) is 0. The van der Waals surface area contributed by atoms with Crippen LogP contribution in [0, 0.1) is 6.92 Å². The molecular formula is C10H17N3. The fraction of sp³-hybridized carbons (Fsp3) is 0.700. The first kappa shape index (κ1) is 8.60. The molecule has 0 unspecified atom stereocenters. The van der Waals surface area contributed by atoms with Gasteiger partial charge in [0, 0.05) is 18.8 Å². The molecule has 1 heterocycles. The molecule has 1 aromatic rings. The third-order valence-corrected chi connectivity index (χ3v) is 2.68. The smallest absolute Gasteiger partial charge is 0.203 e. The lowest BCUT2D eigenvalue weighted by Gasteiger charge is -2.26. The lowest BCUT2D eigenvalue weighted by atomic mass is 9.93. The van der Waals surface area contributed by atoms with Crippen LogP contribution in [0.5, 0.6) is 0 Å². The molecule has 0 spiro atoms. The van der Waals surface area contributed by atoms with E-state index in [0.29, 0.717) is 6.04 Å². The highest BCUT2D eigenvalue weighted by Crippen LogP contribution is 2.22. The van der Waals surface area contributed by atoms with Crippen LogP contribution >= 0.6 is 0 Å². The number of hydrogen-bond acceptors (Lipinski definition) is 2. The van der Waals surface area contributed by atoms with E-state index >= 15 is 0 Å². The van der Waals surface area contributed by atoms with Crippen molar-refractivity contribution in [2.45, 2.75) is 45.7 Å². The Morgan fingerprint density at radius 1 is 1.62 bits per heavy atom. The van der Waals surface area contributed by atoms with E-state index in [1.807, 2.05) is 6.92 Å². The number of aryl methyl sites for hydroxylation is 2. The van der Waals surface area contributed by atoms with Gasteiger partial charge in [0.2, 0.25) is 5.95 Å². The predicted molar refractivity (Wildman–Crippen MR) is 53.9 cm³/mol. The molecule has 0 bridgehead atoms. The summed E-state index contributed by atoms with van der Waals surface area (Å²) in [5, 5.41) is 3.47. The van der Waals surface area contributed by atoms with E-state index in [1.54, 1.807) is 0 Å². The molecule has 1 aromatic heterocycles. The van der Waals surface area contributed by atoms with Gasteiger partial charge in [0.15, 0.2) is 0 Å². The SMILES string of the molecule is CCn1cc(C)nc1NC1CCC1. The Bertz CT molecular complexity index is 286. The van der Waals surface area contributed by atoms with Crippen LogP contribution in [-0.4, -0.2) is 15.6 Å². The second kappa shape index (κ2) is 3.40. The normalized spacial score (nSPS) is 17.1. The van der Waals surface area contributed by atoms with Gasteiger partial charge in [-0.2, -0.15) is 0 Å². The molecule has 1 aliphatic carbocycles. The highest BCUT2D eigenvalue weighted by atomic mass is 15.2. The second-order valence-electron chi connectivity index (χ2n) is 3.76. The van der Waals surface area contributed by atoms with E-state index in [1.165, 1.54) is 19.3 Å². The number of nitrogens with one attached hydrogen (secondary N) is 1. The molecule has 0 aromatic carbocycles. The Hall–Kier alpha value is -0.990. The first-order valence-corrected chi connectivity index (χ1v) is 5.10. The molecule has 0 radical (unpaired) electrons. The summed E-state index contributed by atoms with van der Waals surface area (Å²) >= 11 is 0. The Labute approximate surface area is 79.2 Å². The van der Waals surface area contributed by atoms with E-state index in [0.717, 1.165) is 18.2 Å². The van der Waals surface area contributed by atoms with Crippen LogP contribution in [0.1, 0.15) is 31.9 Å². The van der Waals surface area contributed by atoms with E-state index in [9.17, 15) is 0 Å². The van der Waals surface area contributed by atoms with Crippen LogP contribution in [0.25, 0.3) is 0 Å². The van der Waals surface area contributed by atoms with Gasteiger partial charge in [-0.25, -0.2) is 4.98 Å². The van der Waals surface area contributed by atoms with Crippen molar-refractivity contribution < 1.29 is 0 Å². The first-order chi connectivity index (χ1) is 6.29. The molecule has 0 atom stereocenters. The minimum absolute atomic E-state index is 0.673. The molecule has 72 valence electrons. The van der Waals surface area contributed by atoms with Crippen LogP contribution in [0.15, 0.2) is 6.20 Å². The van der Waals surface area contributed by atoms with Crippen molar-refractivity contribution in [2.24, 2.45) is 0 Å². The van der Waals surface area contributed by atoms with Crippen LogP contribution in [0.3, 0.4) is 0 Å². The molecule has 3 heteroatoms. The number of hydrogen-bond donors (Lipinski definition) is 1. The summed E-state index contributed by atoms with van der Waals surface area (Å²) < 4.78 is 2.17. The Morgan fingerprint density at radius 2 is 2.38 bits per heavy atom. The third-order valence-electron chi connectivity index (χ3n) is 2.68. The zero-order valence-corrected chi connectivity index (χ0v) is 8.38. The van der Waals surface area contributed by atoms with Crippen LogP contribution in [0.2, 0.25) is 0 Å². The Morgan fingerprint density at radius 3 is 2.92 bits per heavy atom. The summed E-state index contributed by atoms with van der Waals surface area (Å²) in [6, 6.07) is 0.673. The number of nitrogens with zero attached hydrogens (tertiary/aromatic N) is 2. The number of aromatic nitrogens is 2. The van der Waals surface area contributed by atoms with Crippen molar-refractivity contribution in [1.82, 2.24) is 9.55 Å². The number of imidazole rings is 1. The van der Waals surface area contributed by atoms with Gasteiger partial charge in [0.25, 0.3) is 0 Å². The van der Waals surface area contributed by atoms with Crippen molar-refractivity contribution in [3.63, 3.8) is 0 Å². The van der Waals surface area contributed by atoms with E-state index < -0.39 is 0 Å². The minimum Gasteiger partial charge on any atom is -0.353 e. The minimum atomic E-state index is 0.673. The summed E-state index contributed by atoms with van der Waals surface area (Å²) in [6.07, 6.45) is 6.07. The standard InChI is InChI=1S/C10H17N3/c1-3-13-7-8(2)11-10(13)12-9-5-4-6-9/h7,9H,3-6H2,1-2H3,(H,11,12). The summed E-state index contributed by atoms with van der Waals surface area (Å²) in [6.45, 7) is 5.18. The fourth-order valence-electron chi connectivity index (χ4n) is 1.64. The summed E-state index contributed by atoms with van der Waals surface area (Å²) in [5.41, 5.74) is 1.10. The van der Waals surface area contributed by atoms with Gasteiger partial charge in [0.05, 0.1) is 5.69 Å². The topological polar surface area (TPSA) is 29.9 Å². The molecule has 3 nitrogen and oxygen atoms in total. The molecule has 1 saturated carbocycles. The Balaban J connectivity index is 2.08. The summed E-state index contributed by atoms with van der Waals surface area (Å²) in [4.78, 5) is 4.46. The third kappa shape index (κ3) is 1.69. The number of rotatable bonds is 3. The van der Waals surface area contributed by atoms with Crippen molar-refractivity contribution in [1.29, 1.82) is 0 Å². The lowest BCUT2D eigenvalue weighted by molar-refractivity contribution is 0.441. The van der Waals surface area contributed by atoms with Crippen LogP contribution in [-0.2, 0) is 6.54 Å². The van der Waals surface area contributed by atoms with E-state index in [2.05, 4.69) is 28.0 Å². The fourth-order valence-corrected chi connectivity index (χ4v) is 1.64. The molecule has 2 rings (SSSR count). The highest BCUT2D eigenvalue weighted by molar-refractivity contribution is 5.30. The van der Waals surface area contributed by atoms with E-state index in [4.69, 9.17) is 0 Å². The number of anilines is 1. The molecule has 1 N–H and O–H groups in total.